The van der Waals surface area contributed by atoms with Crippen molar-refractivity contribution in [1.29, 1.82) is 0 Å². The Hall–Kier alpha value is -4.27. The highest BCUT2D eigenvalue weighted by Gasteiger charge is 2.48. The van der Waals surface area contributed by atoms with Crippen LogP contribution in [-0.4, -0.2) is 141 Å². The number of rotatable bonds is 9. The van der Waals surface area contributed by atoms with Gasteiger partial charge in [-0.2, -0.15) is 0 Å². The van der Waals surface area contributed by atoms with Crippen LogP contribution >= 0.6 is 0 Å². The number of hydroxylamine groups is 2. The van der Waals surface area contributed by atoms with Gasteiger partial charge >= 0.3 is 6.09 Å². The number of hydrogen-bond acceptors (Lipinski definition) is 10. The first-order valence-electron chi connectivity index (χ1n) is 19.4. The van der Waals surface area contributed by atoms with E-state index in [9.17, 15) is 28.8 Å². The molecule has 5 atom stereocenters. The molecule has 5 saturated heterocycles. The van der Waals surface area contributed by atoms with E-state index in [1.807, 2.05) is 6.92 Å². The molecule has 0 unspecified atom stereocenters. The van der Waals surface area contributed by atoms with E-state index in [4.69, 9.17) is 9.57 Å². The fourth-order valence-corrected chi connectivity index (χ4v) is 8.44. The maximum Gasteiger partial charge on any atom is 0.415 e. The molecule has 53 heavy (non-hydrogen) atoms. The van der Waals surface area contributed by atoms with Crippen molar-refractivity contribution in [3.05, 3.63) is 17.8 Å². The van der Waals surface area contributed by atoms with Crippen molar-refractivity contribution < 1.29 is 38.3 Å². The molecule has 0 aromatic carbocycles. The summed E-state index contributed by atoms with van der Waals surface area (Å²) in [5.74, 6) is -0.00407. The molecular formula is C38H55N7O8. The van der Waals surface area contributed by atoms with Gasteiger partial charge in [0, 0.05) is 57.6 Å². The zero-order chi connectivity index (χ0) is 38.0. The van der Waals surface area contributed by atoms with Crippen LogP contribution in [0.4, 0.5) is 10.6 Å². The molecule has 0 saturated carbocycles. The van der Waals surface area contributed by atoms with E-state index in [1.165, 1.54) is 4.90 Å². The first-order valence-corrected chi connectivity index (χ1v) is 19.4. The zero-order valence-corrected chi connectivity index (χ0v) is 31.8. The minimum atomic E-state index is -0.687. The number of anilines is 1. The number of aromatic nitrogens is 1. The van der Waals surface area contributed by atoms with E-state index in [0.717, 1.165) is 19.1 Å². The van der Waals surface area contributed by atoms with E-state index >= 15 is 0 Å². The second-order valence-electron chi connectivity index (χ2n) is 15.9. The number of aldehydes is 1. The number of ether oxygens (including phenoxy) is 1. The molecule has 290 valence electrons. The van der Waals surface area contributed by atoms with Gasteiger partial charge in [0.05, 0.1) is 6.04 Å². The number of carbonyl (C=O) groups excluding carboxylic acids is 6. The molecule has 0 radical (unpaired) electrons. The third kappa shape index (κ3) is 8.14. The van der Waals surface area contributed by atoms with Crippen LogP contribution in [-0.2, 0) is 35.1 Å². The summed E-state index contributed by atoms with van der Waals surface area (Å²) in [4.78, 5) is 99.3. The van der Waals surface area contributed by atoms with Gasteiger partial charge in [0.1, 0.15) is 41.9 Å². The fourth-order valence-electron chi connectivity index (χ4n) is 8.44. The van der Waals surface area contributed by atoms with Crippen molar-refractivity contribution in [3.63, 3.8) is 0 Å². The molecular weight excluding hydrogens is 682 g/mol. The van der Waals surface area contributed by atoms with Crippen molar-refractivity contribution in [2.24, 2.45) is 0 Å². The van der Waals surface area contributed by atoms with Gasteiger partial charge in [0.2, 0.25) is 23.6 Å². The topological polar surface area (TPSA) is 153 Å². The van der Waals surface area contributed by atoms with Crippen LogP contribution in [0.5, 0.6) is 5.75 Å². The lowest BCUT2D eigenvalue weighted by Gasteiger charge is -2.36. The number of carbonyl (C=O) groups is 6. The summed E-state index contributed by atoms with van der Waals surface area (Å²) in [6.45, 7) is 9.65. The Morgan fingerprint density at radius 2 is 1.21 bits per heavy atom. The summed E-state index contributed by atoms with van der Waals surface area (Å²) in [7, 11) is 1.59. The van der Waals surface area contributed by atoms with Crippen molar-refractivity contribution in [3.8, 4) is 5.75 Å². The highest BCUT2D eigenvalue weighted by Crippen LogP contribution is 2.32. The first kappa shape index (κ1) is 38.5. The van der Waals surface area contributed by atoms with Crippen LogP contribution in [0.3, 0.4) is 0 Å². The maximum atomic E-state index is 14.3. The van der Waals surface area contributed by atoms with E-state index in [1.54, 1.807) is 64.6 Å². The first-order chi connectivity index (χ1) is 25.3. The highest BCUT2D eigenvalue weighted by atomic mass is 16.7. The Morgan fingerprint density at radius 3 is 1.74 bits per heavy atom. The minimum Gasteiger partial charge on any atom is -0.443 e. The predicted octanol–water partition coefficient (Wildman–Crippen LogP) is 2.94. The molecule has 15 nitrogen and oxygen atoms in total. The molecule has 6 rings (SSSR count). The van der Waals surface area contributed by atoms with Crippen LogP contribution in [0.2, 0.25) is 0 Å². The minimum absolute atomic E-state index is 0.179. The summed E-state index contributed by atoms with van der Waals surface area (Å²) in [6.07, 6.45) is 7.13. The van der Waals surface area contributed by atoms with E-state index in [-0.39, 0.29) is 23.6 Å². The maximum absolute atomic E-state index is 14.3. The summed E-state index contributed by atoms with van der Waals surface area (Å²) in [5, 5.41) is 1.66. The molecule has 5 aliphatic heterocycles. The Morgan fingerprint density at radius 1 is 0.736 bits per heavy atom. The predicted molar refractivity (Wildman–Crippen MR) is 194 cm³/mol. The monoisotopic (exact) mass is 737 g/mol. The van der Waals surface area contributed by atoms with Gasteiger partial charge < -0.3 is 34.0 Å². The molecule has 0 N–H and O–H groups in total. The van der Waals surface area contributed by atoms with Crippen LogP contribution in [0, 0.1) is 0 Å². The second kappa shape index (κ2) is 16.0. The average Bonchev–Trinajstić information content (AvgIpc) is 3.98. The fraction of sp³-hybridized carbons (Fsp3) is 0.711. The lowest BCUT2D eigenvalue weighted by atomic mass is 10.1. The highest BCUT2D eigenvalue weighted by molar-refractivity contribution is 5.96. The summed E-state index contributed by atoms with van der Waals surface area (Å²) in [6, 6.07) is 0.395. The standard InChI is InChI=1S/C38H55N7O8/c1-6-25-22-27(23-32(39-25)40(5)37(51)52-38(2,3)4)53-45-21-11-16-31(45)36(50)44-20-10-15-30(44)35(49)43-19-9-14-29(43)34(48)42-18-8-13-28(42)33(47)41-17-7-12-26(41)24-46/h22-24,26,28-31H,6-21H2,1-5H3/t26-,28-,29-,30-,31-/m0/s1. The summed E-state index contributed by atoms with van der Waals surface area (Å²) >= 11 is 0. The van der Waals surface area contributed by atoms with Crippen LogP contribution in [0.15, 0.2) is 12.1 Å². The van der Waals surface area contributed by atoms with Crippen LogP contribution < -0.4 is 9.74 Å². The number of amides is 5. The molecule has 0 bridgehead atoms. The molecule has 5 fully saturated rings. The molecule has 5 amide bonds. The zero-order valence-electron chi connectivity index (χ0n) is 31.8. The van der Waals surface area contributed by atoms with Gasteiger partial charge in [0.25, 0.3) is 0 Å². The third-order valence-electron chi connectivity index (χ3n) is 11.1. The van der Waals surface area contributed by atoms with Crippen molar-refractivity contribution >= 4 is 41.8 Å². The Labute approximate surface area is 311 Å². The largest absolute Gasteiger partial charge is 0.443 e. The van der Waals surface area contributed by atoms with Crippen LogP contribution in [0.25, 0.3) is 0 Å². The Balaban J connectivity index is 1.12. The average molecular weight is 738 g/mol. The number of likely N-dealkylation sites (tertiary alicyclic amines) is 4. The normalized spacial score (nSPS) is 26.3. The number of aryl methyl sites for hydroxylation is 1. The summed E-state index contributed by atoms with van der Waals surface area (Å²) in [5.41, 5.74) is 0.0319. The molecule has 0 spiro atoms. The van der Waals surface area contributed by atoms with Gasteiger partial charge in [-0.25, -0.2) is 9.78 Å². The number of pyridine rings is 1. The van der Waals surface area contributed by atoms with Gasteiger partial charge in [-0.05, 0) is 91.4 Å². The van der Waals surface area contributed by atoms with Crippen LogP contribution in [0.1, 0.15) is 97.6 Å². The lowest BCUT2D eigenvalue weighted by Crippen LogP contribution is -2.57. The van der Waals surface area contributed by atoms with E-state index < -0.39 is 41.9 Å². The van der Waals surface area contributed by atoms with Crippen molar-refractivity contribution in [2.45, 2.75) is 134 Å². The Bertz CT molecular complexity index is 1580. The summed E-state index contributed by atoms with van der Waals surface area (Å²) < 4.78 is 5.53. The van der Waals surface area contributed by atoms with Gasteiger partial charge in [-0.1, -0.05) is 6.92 Å². The van der Waals surface area contributed by atoms with Gasteiger partial charge in [-0.15, -0.1) is 5.06 Å². The molecule has 0 aliphatic carbocycles. The second-order valence-corrected chi connectivity index (χ2v) is 15.9. The van der Waals surface area contributed by atoms with E-state index in [2.05, 4.69) is 4.98 Å². The number of nitrogens with zero attached hydrogens (tertiary/aromatic N) is 7. The number of hydrogen-bond donors (Lipinski definition) is 0. The SMILES string of the molecule is CCc1cc(ON2CCC[C@H]2C(=O)N2CCC[C@H]2C(=O)N2CCC[C@H]2C(=O)N2CCC[C@H]2C(=O)N2CCC[C@H]2C=O)cc(N(C)C(=O)OC(C)(C)C)n1. The third-order valence-corrected chi connectivity index (χ3v) is 11.1. The molecule has 5 aliphatic rings. The quantitative estimate of drug-likeness (QED) is 0.346. The van der Waals surface area contributed by atoms with Crippen molar-refractivity contribution in [2.75, 3.05) is 44.7 Å². The van der Waals surface area contributed by atoms with Gasteiger partial charge in [-0.3, -0.25) is 24.1 Å². The molecule has 15 heteroatoms. The molecule has 6 heterocycles. The van der Waals surface area contributed by atoms with E-state index in [0.29, 0.717) is 108 Å². The lowest BCUT2D eigenvalue weighted by molar-refractivity contribution is -0.156. The Kier molecular flexibility index (Phi) is 11.6. The van der Waals surface area contributed by atoms with Crippen molar-refractivity contribution in [1.82, 2.24) is 29.6 Å². The smallest absolute Gasteiger partial charge is 0.415 e. The molecule has 1 aromatic rings. The molecule has 1 aromatic heterocycles. The van der Waals surface area contributed by atoms with Gasteiger partial charge in [0.15, 0.2) is 5.75 Å².